The van der Waals surface area contributed by atoms with E-state index in [1.165, 1.54) is 28.6 Å². The Morgan fingerprint density at radius 1 is 1.19 bits per heavy atom. The van der Waals surface area contributed by atoms with Gasteiger partial charge in [0.2, 0.25) is 15.9 Å². The molecule has 1 fully saturated rings. The molecule has 174 valence electrons. The number of carbonyl (C=O) groups is 2. The lowest BCUT2D eigenvalue weighted by Gasteiger charge is -2.32. The first-order valence-electron chi connectivity index (χ1n) is 10.6. The van der Waals surface area contributed by atoms with Crippen LogP contribution in [0.25, 0.3) is 0 Å². The molecular weight excluding hydrogens is 434 g/mol. The average Bonchev–Trinajstić information content (AvgIpc) is 3.11. The Morgan fingerprint density at radius 2 is 1.81 bits per heavy atom. The van der Waals surface area contributed by atoms with Gasteiger partial charge in [-0.3, -0.25) is 4.79 Å². The summed E-state index contributed by atoms with van der Waals surface area (Å²) < 4.78 is 37.5. The van der Waals surface area contributed by atoms with Gasteiger partial charge < -0.3 is 14.2 Å². The SMILES string of the molecule is CCOC(=O)c1ccc(S(=O)(=O)N2CCC(C(=O)N(C)Cc3c(C)noc3C)CC2)cc1. The molecule has 0 radical (unpaired) electrons. The van der Waals surface area contributed by atoms with Crippen molar-refractivity contribution in [1.82, 2.24) is 14.4 Å². The number of piperidine rings is 1. The topological polar surface area (TPSA) is 110 Å². The summed E-state index contributed by atoms with van der Waals surface area (Å²) in [6.07, 6.45) is 0.899. The molecule has 1 aliphatic heterocycles. The molecule has 0 unspecified atom stereocenters. The Labute approximate surface area is 188 Å². The number of sulfonamides is 1. The van der Waals surface area contributed by atoms with Crippen molar-refractivity contribution in [3.63, 3.8) is 0 Å². The van der Waals surface area contributed by atoms with E-state index in [-0.39, 0.29) is 36.4 Å². The lowest BCUT2D eigenvalue weighted by atomic mass is 9.96. The standard InChI is InChI=1S/C22H29N3O6S/c1-5-30-22(27)18-6-8-19(9-7-18)32(28,29)25-12-10-17(11-13-25)21(26)24(4)14-20-15(2)23-31-16(20)3/h6-9,17H,5,10-14H2,1-4H3. The van der Waals surface area contributed by atoms with Crippen molar-refractivity contribution in [3.05, 3.63) is 46.8 Å². The van der Waals surface area contributed by atoms with Crippen LogP contribution >= 0.6 is 0 Å². The molecule has 0 aliphatic carbocycles. The molecule has 3 rings (SSSR count). The Morgan fingerprint density at radius 3 is 2.34 bits per heavy atom. The average molecular weight is 464 g/mol. The molecule has 0 spiro atoms. The zero-order valence-corrected chi connectivity index (χ0v) is 19.6. The monoisotopic (exact) mass is 463 g/mol. The third-order valence-corrected chi connectivity index (χ3v) is 7.67. The molecule has 0 saturated carbocycles. The van der Waals surface area contributed by atoms with Crippen LogP contribution in [0, 0.1) is 19.8 Å². The van der Waals surface area contributed by atoms with E-state index in [2.05, 4.69) is 5.16 Å². The second-order valence-electron chi connectivity index (χ2n) is 7.92. The van der Waals surface area contributed by atoms with E-state index >= 15 is 0 Å². The van der Waals surface area contributed by atoms with Crippen LogP contribution in [0.2, 0.25) is 0 Å². The van der Waals surface area contributed by atoms with Gasteiger partial charge in [0.15, 0.2) is 0 Å². The van der Waals surface area contributed by atoms with Crippen molar-refractivity contribution in [3.8, 4) is 0 Å². The first-order chi connectivity index (χ1) is 15.1. The maximum absolute atomic E-state index is 13.0. The molecule has 1 aliphatic rings. The van der Waals surface area contributed by atoms with E-state index < -0.39 is 16.0 Å². The summed E-state index contributed by atoms with van der Waals surface area (Å²) in [7, 11) is -1.96. The zero-order chi connectivity index (χ0) is 23.5. The second kappa shape index (κ2) is 9.83. The number of amides is 1. The van der Waals surface area contributed by atoms with Gasteiger partial charge in [0, 0.05) is 31.6 Å². The number of hydrogen-bond acceptors (Lipinski definition) is 7. The smallest absolute Gasteiger partial charge is 0.338 e. The van der Waals surface area contributed by atoms with E-state index in [9.17, 15) is 18.0 Å². The lowest BCUT2D eigenvalue weighted by molar-refractivity contribution is -0.135. The number of hydrogen-bond donors (Lipinski definition) is 0. The number of rotatable bonds is 7. The van der Waals surface area contributed by atoms with Crippen molar-refractivity contribution in [2.24, 2.45) is 5.92 Å². The summed E-state index contributed by atoms with van der Waals surface area (Å²) in [6.45, 7) is 6.54. The predicted molar refractivity (Wildman–Crippen MR) is 116 cm³/mol. The van der Waals surface area contributed by atoms with Gasteiger partial charge in [-0.2, -0.15) is 4.31 Å². The van der Waals surface area contributed by atoms with Crippen molar-refractivity contribution in [2.45, 2.75) is 45.1 Å². The molecule has 0 atom stereocenters. The highest BCUT2D eigenvalue weighted by Gasteiger charge is 2.33. The van der Waals surface area contributed by atoms with Gasteiger partial charge >= 0.3 is 5.97 Å². The molecule has 10 heteroatoms. The number of ether oxygens (including phenoxy) is 1. The van der Waals surface area contributed by atoms with Gasteiger partial charge in [0.1, 0.15) is 5.76 Å². The summed E-state index contributed by atoms with van der Waals surface area (Å²) >= 11 is 0. The predicted octanol–water partition coefficient (Wildman–Crippen LogP) is 2.53. The third kappa shape index (κ3) is 5.02. The van der Waals surface area contributed by atoms with Crippen LogP contribution in [0.15, 0.2) is 33.7 Å². The minimum atomic E-state index is -3.70. The van der Waals surface area contributed by atoms with Gasteiger partial charge in [0.05, 0.1) is 29.3 Å². The summed E-state index contributed by atoms with van der Waals surface area (Å²) in [5.74, 6) is -0.0486. The molecule has 1 amide bonds. The molecule has 1 aromatic carbocycles. The fourth-order valence-electron chi connectivity index (χ4n) is 3.82. The van der Waals surface area contributed by atoms with Gasteiger partial charge in [-0.15, -0.1) is 0 Å². The summed E-state index contributed by atoms with van der Waals surface area (Å²) in [4.78, 5) is 26.4. The summed E-state index contributed by atoms with van der Waals surface area (Å²) in [5, 5.41) is 3.92. The van der Waals surface area contributed by atoms with Gasteiger partial charge in [0.25, 0.3) is 0 Å². The lowest BCUT2D eigenvalue weighted by Crippen LogP contribution is -2.43. The quantitative estimate of drug-likeness (QED) is 0.580. The van der Waals surface area contributed by atoms with E-state index in [0.717, 1.165) is 11.3 Å². The molecule has 1 saturated heterocycles. The van der Waals surface area contributed by atoms with Crippen LogP contribution in [-0.4, -0.2) is 61.4 Å². The van der Waals surface area contributed by atoms with Crippen molar-refractivity contribution >= 4 is 21.9 Å². The van der Waals surface area contributed by atoms with Crippen molar-refractivity contribution in [2.75, 3.05) is 26.7 Å². The highest BCUT2D eigenvalue weighted by Crippen LogP contribution is 2.26. The van der Waals surface area contributed by atoms with Crippen LogP contribution in [-0.2, 0) is 26.1 Å². The maximum atomic E-state index is 13.0. The second-order valence-corrected chi connectivity index (χ2v) is 9.86. The molecule has 2 heterocycles. The minimum Gasteiger partial charge on any atom is -0.462 e. The Kier molecular flexibility index (Phi) is 7.35. The van der Waals surface area contributed by atoms with Crippen LogP contribution < -0.4 is 0 Å². The highest BCUT2D eigenvalue weighted by atomic mass is 32.2. The number of esters is 1. The normalized spacial score (nSPS) is 15.5. The first-order valence-corrected chi connectivity index (χ1v) is 12.0. The zero-order valence-electron chi connectivity index (χ0n) is 18.8. The molecule has 32 heavy (non-hydrogen) atoms. The van der Waals surface area contributed by atoms with Crippen LogP contribution in [0.4, 0.5) is 0 Å². The number of benzene rings is 1. The van der Waals surface area contributed by atoms with E-state index in [1.807, 2.05) is 13.8 Å². The number of carbonyl (C=O) groups excluding carboxylic acids is 2. The molecular formula is C22H29N3O6S. The van der Waals surface area contributed by atoms with E-state index in [4.69, 9.17) is 9.26 Å². The summed E-state index contributed by atoms with van der Waals surface area (Å²) in [5.41, 5.74) is 1.96. The molecule has 1 aromatic heterocycles. The van der Waals surface area contributed by atoms with Crippen LogP contribution in [0.3, 0.4) is 0 Å². The molecule has 9 nitrogen and oxygen atoms in total. The van der Waals surface area contributed by atoms with Crippen LogP contribution in [0.5, 0.6) is 0 Å². The third-order valence-electron chi connectivity index (χ3n) is 5.76. The Balaban J connectivity index is 1.60. The minimum absolute atomic E-state index is 0.0131. The first kappa shape index (κ1) is 23.9. The van der Waals surface area contributed by atoms with Gasteiger partial charge in [-0.25, -0.2) is 13.2 Å². The van der Waals surface area contributed by atoms with Gasteiger partial charge in [-0.05, 0) is 57.9 Å². The largest absolute Gasteiger partial charge is 0.462 e. The number of aryl methyl sites for hydroxylation is 2. The van der Waals surface area contributed by atoms with Crippen molar-refractivity contribution < 1.29 is 27.3 Å². The highest BCUT2D eigenvalue weighted by molar-refractivity contribution is 7.89. The Hall–Kier alpha value is -2.72. The fraction of sp³-hybridized carbons (Fsp3) is 0.500. The molecule has 0 bridgehead atoms. The maximum Gasteiger partial charge on any atom is 0.338 e. The van der Waals surface area contributed by atoms with E-state index in [1.54, 1.807) is 18.9 Å². The molecule has 0 N–H and O–H groups in total. The van der Waals surface area contributed by atoms with Crippen LogP contribution in [0.1, 0.15) is 47.1 Å². The van der Waals surface area contributed by atoms with Gasteiger partial charge in [-0.1, -0.05) is 5.16 Å². The number of aromatic nitrogens is 1. The summed E-state index contributed by atoms with van der Waals surface area (Å²) in [6, 6.07) is 5.72. The fourth-order valence-corrected chi connectivity index (χ4v) is 5.29. The van der Waals surface area contributed by atoms with E-state index in [0.29, 0.717) is 30.7 Å². The Bertz CT molecular complexity index is 1050. The number of nitrogens with zero attached hydrogens (tertiary/aromatic N) is 3. The van der Waals surface area contributed by atoms with Crippen molar-refractivity contribution in [1.29, 1.82) is 0 Å². The molecule has 2 aromatic rings.